The van der Waals surface area contributed by atoms with E-state index in [-0.39, 0.29) is 0 Å². The van der Waals surface area contributed by atoms with E-state index in [1.54, 1.807) is 0 Å². The Bertz CT molecular complexity index is 402. The van der Waals surface area contributed by atoms with Gasteiger partial charge in [-0.2, -0.15) is 0 Å². The van der Waals surface area contributed by atoms with Crippen molar-refractivity contribution < 1.29 is 0 Å². The lowest BCUT2D eigenvalue weighted by Crippen LogP contribution is -2.29. The van der Waals surface area contributed by atoms with Gasteiger partial charge in [0.15, 0.2) is 0 Å². The van der Waals surface area contributed by atoms with Crippen molar-refractivity contribution in [1.82, 2.24) is 5.32 Å². The Morgan fingerprint density at radius 1 is 1.00 bits per heavy atom. The number of nitrogens with one attached hydrogen (secondary N) is 1. The van der Waals surface area contributed by atoms with Crippen molar-refractivity contribution in [1.29, 1.82) is 0 Å². The highest BCUT2D eigenvalue weighted by Crippen LogP contribution is 2.33. The van der Waals surface area contributed by atoms with E-state index in [1.165, 1.54) is 61.6 Å². The topological polar surface area (TPSA) is 12.0 Å². The third-order valence-corrected chi connectivity index (χ3v) is 4.94. The lowest BCUT2D eigenvalue weighted by Gasteiger charge is -2.30. The Hall–Kier alpha value is -0.820. The molecular weight excluding hydrogens is 242 g/mol. The monoisotopic (exact) mass is 273 g/mol. The van der Waals surface area contributed by atoms with Crippen molar-refractivity contribution in [2.75, 3.05) is 6.54 Å². The summed E-state index contributed by atoms with van der Waals surface area (Å²) in [4.78, 5) is 0. The smallest absolute Gasteiger partial charge is 0.0348 e. The Kier molecular flexibility index (Phi) is 6.09. The van der Waals surface area contributed by atoms with Crippen molar-refractivity contribution in [3.05, 3.63) is 34.9 Å². The fourth-order valence-electron chi connectivity index (χ4n) is 3.56. The molecule has 1 aliphatic rings. The fourth-order valence-corrected chi connectivity index (χ4v) is 3.56. The van der Waals surface area contributed by atoms with Crippen molar-refractivity contribution >= 4 is 0 Å². The van der Waals surface area contributed by atoms with E-state index in [4.69, 9.17) is 0 Å². The van der Waals surface area contributed by atoms with Gasteiger partial charge in [0.1, 0.15) is 0 Å². The van der Waals surface area contributed by atoms with Gasteiger partial charge in [-0.1, -0.05) is 57.2 Å². The summed E-state index contributed by atoms with van der Waals surface area (Å²) in [6, 6.07) is 7.59. The van der Waals surface area contributed by atoms with Gasteiger partial charge in [-0.3, -0.25) is 0 Å². The highest BCUT2D eigenvalue weighted by atomic mass is 14.9. The summed E-state index contributed by atoms with van der Waals surface area (Å²) >= 11 is 0. The van der Waals surface area contributed by atoms with Gasteiger partial charge >= 0.3 is 0 Å². The van der Waals surface area contributed by atoms with Crippen molar-refractivity contribution in [2.24, 2.45) is 5.92 Å². The van der Waals surface area contributed by atoms with Crippen LogP contribution in [0.2, 0.25) is 0 Å². The van der Waals surface area contributed by atoms with Crippen LogP contribution in [0.15, 0.2) is 18.2 Å². The summed E-state index contributed by atoms with van der Waals surface area (Å²) < 4.78 is 0. The molecule has 0 bridgehead atoms. The van der Waals surface area contributed by atoms with Crippen LogP contribution in [0.5, 0.6) is 0 Å². The van der Waals surface area contributed by atoms with E-state index in [9.17, 15) is 0 Å². The molecule has 112 valence electrons. The predicted molar refractivity (Wildman–Crippen MR) is 88.1 cm³/mol. The Labute approximate surface area is 125 Å². The van der Waals surface area contributed by atoms with Gasteiger partial charge in [0, 0.05) is 6.04 Å². The molecule has 0 amide bonds. The first-order chi connectivity index (χ1) is 9.72. The van der Waals surface area contributed by atoms with Gasteiger partial charge in [0.25, 0.3) is 0 Å². The van der Waals surface area contributed by atoms with E-state index in [0.717, 1.165) is 12.5 Å². The van der Waals surface area contributed by atoms with E-state index in [0.29, 0.717) is 6.04 Å². The summed E-state index contributed by atoms with van der Waals surface area (Å²) in [7, 11) is 0. The molecule has 0 aliphatic heterocycles. The fraction of sp³-hybridized carbons (Fsp3) is 0.684. The second kappa shape index (κ2) is 7.83. The molecule has 1 heteroatoms. The van der Waals surface area contributed by atoms with Crippen LogP contribution in [-0.2, 0) is 0 Å². The number of hydrogen-bond donors (Lipinski definition) is 1. The molecule has 1 aromatic carbocycles. The molecule has 1 aliphatic carbocycles. The van der Waals surface area contributed by atoms with Crippen LogP contribution in [0.4, 0.5) is 0 Å². The van der Waals surface area contributed by atoms with Crippen LogP contribution in [0.1, 0.15) is 74.6 Å². The summed E-state index contributed by atoms with van der Waals surface area (Å²) in [5.41, 5.74) is 4.33. The zero-order valence-corrected chi connectivity index (χ0v) is 13.5. The zero-order valence-electron chi connectivity index (χ0n) is 13.5. The van der Waals surface area contributed by atoms with Crippen LogP contribution in [-0.4, -0.2) is 6.54 Å². The van der Waals surface area contributed by atoms with Gasteiger partial charge in [-0.25, -0.2) is 0 Å². The molecular formula is C19H31N. The number of benzene rings is 1. The standard InChI is InChI=1S/C19H31N/c1-4-20-19(17-10-8-6-5-7-9-11-17)18-13-12-15(2)16(3)14-18/h12-14,17,19-20H,4-11H2,1-3H3. The molecule has 0 radical (unpaired) electrons. The first kappa shape index (κ1) is 15.6. The van der Waals surface area contributed by atoms with Gasteiger partial charge in [-0.15, -0.1) is 0 Å². The van der Waals surface area contributed by atoms with Crippen LogP contribution in [0.3, 0.4) is 0 Å². The predicted octanol–water partition coefficient (Wildman–Crippen LogP) is 5.31. The number of aryl methyl sites for hydroxylation is 2. The second-order valence-corrected chi connectivity index (χ2v) is 6.48. The zero-order chi connectivity index (χ0) is 14.4. The summed E-state index contributed by atoms with van der Waals surface area (Å²) in [6.45, 7) is 7.74. The number of rotatable bonds is 4. The van der Waals surface area contributed by atoms with E-state index in [1.807, 2.05) is 0 Å². The van der Waals surface area contributed by atoms with Crippen LogP contribution >= 0.6 is 0 Å². The molecule has 1 saturated carbocycles. The molecule has 1 unspecified atom stereocenters. The third-order valence-electron chi connectivity index (χ3n) is 4.94. The van der Waals surface area contributed by atoms with Crippen molar-refractivity contribution in [3.8, 4) is 0 Å². The second-order valence-electron chi connectivity index (χ2n) is 6.48. The van der Waals surface area contributed by atoms with E-state index < -0.39 is 0 Å². The minimum absolute atomic E-state index is 0.553. The minimum atomic E-state index is 0.553. The molecule has 0 aromatic heterocycles. The molecule has 1 atom stereocenters. The maximum absolute atomic E-state index is 3.76. The van der Waals surface area contributed by atoms with Crippen molar-refractivity contribution in [2.45, 2.75) is 71.8 Å². The normalized spacial score (nSPS) is 19.4. The summed E-state index contributed by atoms with van der Waals surface area (Å²) in [5, 5.41) is 3.76. The Morgan fingerprint density at radius 3 is 2.25 bits per heavy atom. The Morgan fingerprint density at radius 2 is 1.65 bits per heavy atom. The van der Waals surface area contributed by atoms with Gasteiger partial charge in [0.2, 0.25) is 0 Å². The molecule has 1 nitrogen and oxygen atoms in total. The van der Waals surface area contributed by atoms with Crippen LogP contribution < -0.4 is 5.32 Å². The quantitative estimate of drug-likeness (QED) is 0.783. The first-order valence-electron chi connectivity index (χ1n) is 8.53. The molecule has 0 spiro atoms. The van der Waals surface area contributed by atoms with Crippen LogP contribution in [0, 0.1) is 19.8 Å². The maximum Gasteiger partial charge on any atom is 0.0348 e. The highest BCUT2D eigenvalue weighted by Gasteiger charge is 2.23. The Balaban J connectivity index is 2.17. The van der Waals surface area contributed by atoms with Gasteiger partial charge < -0.3 is 5.32 Å². The van der Waals surface area contributed by atoms with E-state index >= 15 is 0 Å². The largest absolute Gasteiger partial charge is 0.310 e. The molecule has 2 rings (SSSR count). The molecule has 0 heterocycles. The molecule has 0 saturated heterocycles. The van der Waals surface area contributed by atoms with Crippen molar-refractivity contribution in [3.63, 3.8) is 0 Å². The van der Waals surface area contributed by atoms with Crippen LogP contribution in [0.25, 0.3) is 0 Å². The lowest BCUT2D eigenvalue weighted by molar-refractivity contribution is 0.291. The number of hydrogen-bond acceptors (Lipinski definition) is 1. The molecule has 1 aromatic rings. The summed E-state index contributed by atoms with van der Waals surface area (Å²) in [5.74, 6) is 0.817. The SMILES string of the molecule is CCNC(c1ccc(C)c(C)c1)C1CCCCCCC1. The molecule has 20 heavy (non-hydrogen) atoms. The van der Waals surface area contributed by atoms with E-state index in [2.05, 4.69) is 44.3 Å². The third kappa shape index (κ3) is 4.09. The average molecular weight is 273 g/mol. The highest BCUT2D eigenvalue weighted by molar-refractivity contribution is 5.32. The van der Waals surface area contributed by atoms with Gasteiger partial charge in [-0.05, 0) is 55.8 Å². The first-order valence-corrected chi connectivity index (χ1v) is 8.53. The maximum atomic E-state index is 3.76. The molecule has 1 fully saturated rings. The summed E-state index contributed by atoms with van der Waals surface area (Å²) in [6.07, 6.45) is 9.93. The minimum Gasteiger partial charge on any atom is -0.310 e. The molecule has 1 N–H and O–H groups in total. The lowest BCUT2D eigenvalue weighted by atomic mass is 9.82. The van der Waals surface area contributed by atoms with Gasteiger partial charge in [0.05, 0.1) is 0 Å². The average Bonchev–Trinajstić information content (AvgIpc) is 2.40.